The highest BCUT2D eigenvalue weighted by Crippen LogP contribution is 2.13. The molecule has 1 saturated heterocycles. The predicted molar refractivity (Wildman–Crippen MR) is 91.7 cm³/mol. The van der Waals surface area contributed by atoms with Gasteiger partial charge in [-0.3, -0.25) is 4.79 Å². The molecule has 0 radical (unpaired) electrons. The van der Waals surface area contributed by atoms with Gasteiger partial charge in [-0.2, -0.15) is 4.31 Å². The molecule has 1 aromatic rings. The van der Waals surface area contributed by atoms with Crippen LogP contribution in [-0.4, -0.2) is 55.5 Å². The van der Waals surface area contributed by atoms with Crippen LogP contribution in [0.4, 0.5) is 0 Å². The fourth-order valence-electron chi connectivity index (χ4n) is 2.75. The lowest BCUT2D eigenvalue weighted by molar-refractivity contribution is -0.131. The maximum atomic E-state index is 12.4. The van der Waals surface area contributed by atoms with E-state index >= 15 is 0 Å². The third-order valence-electron chi connectivity index (χ3n) is 4.34. The zero-order valence-corrected chi connectivity index (χ0v) is 14.8. The normalized spacial score (nSPS) is 16.5. The lowest BCUT2D eigenvalue weighted by atomic mass is 10.1. The lowest BCUT2D eigenvalue weighted by Crippen LogP contribution is -2.51. The molecule has 23 heavy (non-hydrogen) atoms. The van der Waals surface area contributed by atoms with Gasteiger partial charge in [0.15, 0.2) is 0 Å². The predicted octanol–water partition coefficient (Wildman–Crippen LogP) is 1.81. The summed E-state index contributed by atoms with van der Waals surface area (Å²) >= 11 is 0. The van der Waals surface area contributed by atoms with E-state index in [-0.39, 0.29) is 11.7 Å². The van der Waals surface area contributed by atoms with Crippen LogP contribution < -0.4 is 0 Å². The van der Waals surface area contributed by atoms with Crippen molar-refractivity contribution in [1.82, 2.24) is 9.21 Å². The fraction of sp³-hybridized carbons (Fsp3) is 0.588. The molecule has 0 aliphatic carbocycles. The highest BCUT2D eigenvalue weighted by Gasteiger charge is 2.28. The molecule has 0 spiro atoms. The van der Waals surface area contributed by atoms with Crippen LogP contribution >= 0.6 is 0 Å². The quantitative estimate of drug-likeness (QED) is 0.795. The molecule has 0 bridgehead atoms. The highest BCUT2D eigenvalue weighted by molar-refractivity contribution is 7.89. The molecular formula is C17H26N2O3S. The van der Waals surface area contributed by atoms with Crippen molar-refractivity contribution in [2.75, 3.05) is 31.9 Å². The first-order valence-corrected chi connectivity index (χ1v) is 9.85. The molecule has 1 aromatic carbocycles. The van der Waals surface area contributed by atoms with Gasteiger partial charge in [0.2, 0.25) is 15.9 Å². The molecule has 5 nitrogen and oxygen atoms in total. The van der Waals surface area contributed by atoms with E-state index in [1.807, 2.05) is 38.1 Å². The molecule has 0 atom stereocenters. The Hall–Kier alpha value is -1.40. The molecule has 0 N–H and O–H groups in total. The summed E-state index contributed by atoms with van der Waals surface area (Å²) in [6, 6.07) is 7.87. The van der Waals surface area contributed by atoms with Crippen molar-refractivity contribution in [1.29, 1.82) is 0 Å². The van der Waals surface area contributed by atoms with Gasteiger partial charge in [0, 0.05) is 26.2 Å². The van der Waals surface area contributed by atoms with Crippen LogP contribution in [0, 0.1) is 6.92 Å². The Morgan fingerprint density at radius 3 is 2.39 bits per heavy atom. The van der Waals surface area contributed by atoms with Gasteiger partial charge >= 0.3 is 0 Å². The number of rotatable bonds is 6. The van der Waals surface area contributed by atoms with E-state index in [0.29, 0.717) is 39.0 Å². The zero-order chi connectivity index (χ0) is 16.9. The second-order valence-electron chi connectivity index (χ2n) is 6.05. The summed E-state index contributed by atoms with van der Waals surface area (Å²) < 4.78 is 25.9. The van der Waals surface area contributed by atoms with Crippen LogP contribution in [0.25, 0.3) is 0 Å². The van der Waals surface area contributed by atoms with Crippen LogP contribution in [0.1, 0.15) is 30.9 Å². The Labute approximate surface area is 139 Å². The summed E-state index contributed by atoms with van der Waals surface area (Å²) in [5.41, 5.74) is 2.15. The van der Waals surface area contributed by atoms with E-state index in [0.717, 1.165) is 17.5 Å². The number of piperazine rings is 1. The van der Waals surface area contributed by atoms with Crippen LogP contribution in [0.15, 0.2) is 24.3 Å². The average molecular weight is 338 g/mol. The van der Waals surface area contributed by atoms with Crippen molar-refractivity contribution in [3.63, 3.8) is 0 Å². The Morgan fingerprint density at radius 1 is 1.13 bits per heavy atom. The van der Waals surface area contributed by atoms with Crippen molar-refractivity contribution < 1.29 is 13.2 Å². The van der Waals surface area contributed by atoms with Gasteiger partial charge in [0.1, 0.15) is 0 Å². The number of hydrogen-bond acceptors (Lipinski definition) is 3. The van der Waals surface area contributed by atoms with Crippen molar-refractivity contribution in [3.8, 4) is 0 Å². The maximum absolute atomic E-state index is 12.4. The number of hydrogen-bond donors (Lipinski definition) is 0. The summed E-state index contributed by atoms with van der Waals surface area (Å²) in [5.74, 6) is 0.283. The SMILES string of the molecule is CCCCS(=O)(=O)N1CCN(C(=O)Cc2ccccc2C)CC1. The second kappa shape index (κ2) is 7.93. The standard InChI is InChI=1S/C17H26N2O3S/c1-3-4-13-23(21,22)19-11-9-18(10-12-19)17(20)14-16-8-6-5-7-15(16)2/h5-8H,3-4,9-14H2,1-2H3. The average Bonchev–Trinajstić information content (AvgIpc) is 2.55. The monoisotopic (exact) mass is 338 g/mol. The van der Waals surface area contributed by atoms with Crippen LogP contribution in [0.5, 0.6) is 0 Å². The molecule has 0 aromatic heterocycles. The highest BCUT2D eigenvalue weighted by atomic mass is 32.2. The van der Waals surface area contributed by atoms with Crippen LogP contribution in [0.3, 0.4) is 0 Å². The maximum Gasteiger partial charge on any atom is 0.227 e. The lowest BCUT2D eigenvalue weighted by Gasteiger charge is -2.34. The van der Waals surface area contributed by atoms with Crippen LogP contribution in [-0.2, 0) is 21.2 Å². The molecule has 6 heteroatoms. The van der Waals surface area contributed by atoms with Gasteiger partial charge in [0.05, 0.1) is 12.2 Å². The molecule has 1 heterocycles. The second-order valence-corrected chi connectivity index (χ2v) is 8.14. The first-order chi connectivity index (χ1) is 10.9. The van der Waals surface area contributed by atoms with Gasteiger partial charge in [-0.05, 0) is 24.5 Å². The first-order valence-electron chi connectivity index (χ1n) is 8.24. The number of amides is 1. The fourth-order valence-corrected chi connectivity index (χ4v) is 4.39. The van der Waals surface area contributed by atoms with Crippen molar-refractivity contribution >= 4 is 15.9 Å². The van der Waals surface area contributed by atoms with E-state index in [2.05, 4.69) is 0 Å². The van der Waals surface area contributed by atoms with E-state index in [1.165, 1.54) is 4.31 Å². The van der Waals surface area contributed by atoms with E-state index in [9.17, 15) is 13.2 Å². The Bertz CT molecular complexity index is 635. The molecule has 2 rings (SSSR count). The number of unbranched alkanes of at least 4 members (excludes halogenated alkanes) is 1. The van der Waals surface area contributed by atoms with Crippen molar-refractivity contribution in [3.05, 3.63) is 35.4 Å². The van der Waals surface area contributed by atoms with Gasteiger partial charge in [-0.25, -0.2) is 8.42 Å². The molecule has 1 aliphatic rings. The van der Waals surface area contributed by atoms with Crippen molar-refractivity contribution in [2.45, 2.75) is 33.1 Å². The largest absolute Gasteiger partial charge is 0.340 e. The van der Waals surface area contributed by atoms with Gasteiger partial charge < -0.3 is 4.90 Å². The molecule has 0 unspecified atom stereocenters. The third-order valence-corrected chi connectivity index (χ3v) is 6.30. The van der Waals surface area contributed by atoms with Gasteiger partial charge in [0.25, 0.3) is 0 Å². The summed E-state index contributed by atoms with van der Waals surface area (Å²) in [6.07, 6.45) is 1.94. The minimum absolute atomic E-state index is 0.0740. The number of nitrogens with zero attached hydrogens (tertiary/aromatic N) is 2. The molecule has 0 saturated carbocycles. The van der Waals surface area contributed by atoms with E-state index in [1.54, 1.807) is 4.90 Å². The molecule has 1 amide bonds. The molecular weight excluding hydrogens is 312 g/mol. The Balaban J connectivity index is 1.89. The zero-order valence-electron chi connectivity index (χ0n) is 14.0. The van der Waals surface area contributed by atoms with Crippen LogP contribution in [0.2, 0.25) is 0 Å². The number of carbonyl (C=O) groups is 1. The number of benzene rings is 1. The number of sulfonamides is 1. The summed E-state index contributed by atoms with van der Waals surface area (Å²) in [5, 5.41) is 0. The summed E-state index contributed by atoms with van der Waals surface area (Å²) in [4.78, 5) is 14.2. The molecule has 1 fully saturated rings. The number of aryl methyl sites for hydroxylation is 1. The van der Waals surface area contributed by atoms with Crippen molar-refractivity contribution in [2.24, 2.45) is 0 Å². The Morgan fingerprint density at radius 2 is 1.78 bits per heavy atom. The summed E-state index contributed by atoms with van der Waals surface area (Å²) in [6.45, 7) is 5.77. The van der Waals surface area contributed by atoms with E-state index in [4.69, 9.17) is 0 Å². The third kappa shape index (κ3) is 4.78. The van der Waals surface area contributed by atoms with E-state index < -0.39 is 10.0 Å². The van der Waals surface area contributed by atoms with Gasteiger partial charge in [-0.1, -0.05) is 37.6 Å². The molecule has 1 aliphatic heterocycles. The Kier molecular flexibility index (Phi) is 6.18. The minimum Gasteiger partial charge on any atom is -0.340 e. The van der Waals surface area contributed by atoms with Gasteiger partial charge in [-0.15, -0.1) is 0 Å². The number of carbonyl (C=O) groups excluding carboxylic acids is 1. The topological polar surface area (TPSA) is 57.7 Å². The first kappa shape index (κ1) is 17.9. The molecule has 128 valence electrons. The smallest absolute Gasteiger partial charge is 0.227 e. The summed E-state index contributed by atoms with van der Waals surface area (Å²) in [7, 11) is -3.16. The minimum atomic E-state index is -3.16.